The van der Waals surface area contributed by atoms with Gasteiger partial charge >= 0.3 is 0 Å². The van der Waals surface area contributed by atoms with Crippen LogP contribution in [0.3, 0.4) is 0 Å². The highest BCUT2D eigenvalue weighted by Gasteiger charge is 2.12. The summed E-state index contributed by atoms with van der Waals surface area (Å²) in [5.41, 5.74) is 5.42. The lowest BCUT2D eigenvalue weighted by Crippen LogP contribution is -2.20. The number of benzene rings is 2. The smallest absolute Gasteiger partial charge is 0.264 e. The number of carbonyl (C=O) groups is 1. The molecule has 124 valence electrons. The molecule has 0 radical (unpaired) electrons. The van der Waals surface area contributed by atoms with Gasteiger partial charge in [0.1, 0.15) is 5.75 Å². The topological polar surface area (TPSA) is 51.2 Å². The third-order valence-electron chi connectivity index (χ3n) is 4.10. The van der Waals surface area contributed by atoms with E-state index in [1.165, 1.54) is 16.9 Å². The molecule has 0 saturated heterocycles. The average molecular weight is 340 g/mol. The molecule has 1 heterocycles. The molecule has 0 spiro atoms. The summed E-state index contributed by atoms with van der Waals surface area (Å²) < 4.78 is 6.75. The van der Waals surface area contributed by atoms with Gasteiger partial charge < -0.3 is 4.74 Å². The van der Waals surface area contributed by atoms with Crippen molar-refractivity contribution in [1.29, 1.82) is 0 Å². The van der Waals surface area contributed by atoms with Crippen molar-refractivity contribution >= 4 is 32.6 Å². The van der Waals surface area contributed by atoms with Crippen LogP contribution in [0.5, 0.6) is 5.75 Å². The van der Waals surface area contributed by atoms with Crippen LogP contribution in [0.1, 0.15) is 22.3 Å². The van der Waals surface area contributed by atoms with E-state index in [-0.39, 0.29) is 12.5 Å². The summed E-state index contributed by atoms with van der Waals surface area (Å²) in [5.74, 6) is 0.534. The number of carbonyl (C=O) groups excluding carboxylic acids is 1. The van der Waals surface area contributed by atoms with E-state index in [1.807, 2.05) is 45.0 Å². The first-order valence-corrected chi connectivity index (χ1v) is 8.63. The Bertz CT molecular complexity index is 876. The summed E-state index contributed by atoms with van der Waals surface area (Å²) in [5, 5.41) is 3.44. The predicted octanol–water partition coefficient (Wildman–Crippen LogP) is 4.55. The Kier molecular flexibility index (Phi) is 4.53. The van der Waals surface area contributed by atoms with Crippen LogP contribution < -0.4 is 10.1 Å². The Labute approximate surface area is 145 Å². The van der Waals surface area contributed by atoms with E-state index in [0.717, 1.165) is 32.7 Å². The Morgan fingerprint density at radius 2 is 1.83 bits per heavy atom. The van der Waals surface area contributed by atoms with E-state index in [1.54, 1.807) is 0 Å². The SMILES string of the molecule is Cc1cccc(OCC(=O)Nc2nc3c(C)ccc(C)c3s2)c1C. The molecule has 0 bridgehead atoms. The highest BCUT2D eigenvalue weighted by molar-refractivity contribution is 7.22. The van der Waals surface area contributed by atoms with Crippen LogP contribution in [0.2, 0.25) is 0 Å². The van der Waals surface area contributed by atoms with Gasteiger partial charge in [0.25, 0.3) is 5.91 Å². The fourth-order valence-electron chi connectivity index (χ4n) is 2.49. The number of anilines is 1. The number of aromatic nitrogens is 1. The zero-order valence-corrected chi connectivity index (χ0v) is 15.1. The minimum Gasteiger partial charge on any atom is -0.483 e. The van der Waals surface area contributed by atoms with E-state index in [2.05, 4.69) is 23.3 Å². The van der Waals surface area contributed by atoms with Gasteiger partial charge in [0.05, 0.1) is 10.2 Å². The van der Waals surface area contributed by atoms with Gasteiger partial charge in [-0.2, -0.15) is 0 Å². The van der Waals surface area contributed by atoms with Crippen LogP contribution in [0, 0.1) is 27.7 Å². The number of ether oxygens (including phenoxy) is 1. The lowest BCUT2D eigenvalue weighted by Gasteiger charge is -2.10. The number of nitrogens with zero attached hydrogens (tertiary/aromatic N) is 1. The number of hydrogen-bond donors (Lipinski definition) is 1. The Morgan fingerprint density at radius 3 is 2.58 bits per heavy atom. The van der Waals surface area contributed by atoms with Gasteiger partial charge in [-0.1, -0.05) is 35.6 Å². The molecule has 0 aliphatic rings. The maximum absolute atomic E-state index is 12.2. The van der Waals surface area contributed by atoms with Gasteiger partial charge in [-0.15, -0.1) is 0 Å². The van der Waals surface area contributed by atoms with Gasteiger partial charge in [-0.3, -0.25) is 10.1 Å². The second kappa shape index (κ2) is 6.61. The fourth-order valence-corrected chi connectivity index (χ4v) is 3.52. The summed E-state index contributed by atoms with van der Waals surface area (Å²) in [4.78, 5) is 16.7. The Hall–Kier alpha value is -2.40. The van der Waals surface area contributed by atoms with Crippen molar-refractivity contribution in [2.45, 2.75) is 27.7 Å². The average Bonchev–Trinajstić information content (AvgIpc) is 2.97. The molecule has 24 heavy (non-hydrogen) atoms. The van der Waals surface area contributed by atoms with E-state index in [0.29, 0.717) is 5.13 Å². The van der Waals surface area contributed by atoms with E-state index < -0.39 is 0 Å². The molecule has 1 amide bonds. The lowest BCUT2D eigenvalue weighted by molar-refractivity contribution is -0.118. The normalized spacial score (nSPS) is 10.8. The molecular weight excluding hydrogens is 320 g/mol. The molecule has 4 nitrogen and oxygen atoms in total. The first-order chi connectivity index (χ1) is 11.5. The van der Waals surface area contributed by atoms with Crippen molar-refractivity contribution in [3.63, 3.8) is 0 Å². The number of amides is 1. The van der Waals surface area contributed by atoms with Crippen molar-refractivity contribution in [3.05, 3.63) is 52.6 Å². The lowest BCUT2D eigenvalue weighted by atomic mass is 10.1. The molecule has 0 fully saturated rings. The van der Waals surface area contributed by atoms with Gasteiger partial charge in [0, 0.05) is 0 Å². The van der Waals surface area contributed by atoms with Gasteiger partial charge in [-0.05, 0) is 56.0 Å². The summed E-state index contributed by atoms with van der Waals surface area (Å²) in [6.45, 7) is 8.06. The minimum absolute atomic E-state index is 0.0296. The molecule has 3 aromatic rings. The molecular formula is C19H20N2O2S. The molecule has 0 aliphatic carbocycles. The van der Waals surface area contributed by atoms with Crippen molar-refractivity contribution < 1.29 is 9.53 Å². The summed E-state index contributed by atoms with van der Waals surface area (Å²) >= 11 is 1.50. The second-order valence-corrected chi connectivity index (χ2v) is 6.93. The molecule has 0 saturated carbocycles. The maximum atomic E-state index is 12.2. The van der Waals surface area contributed by atoms with E-state index in [4.69, 9.17) is 4.74 Å². The van der Waals surface area contributed by atoms with Crippen molar-refractivity contribution in [2.75, 3.05) is 11.9 Å². The number of hydrogen-bond acceptors (Lipinski definition) is 4. The van der Waals surface area contributed by atoms with Crippen LogP contribution in [-0.2, 0) is 4.79 Å². The van der Waals surface area contributed by atoms with Crippen LogP contribution >= 0.6 is 11.3 Å². The highest BCUT2D eigenvalue weighted by Crippen LogP contribution is 2.30. The van der Waals surface area contributed by atoms with Gasteiger partial charge in [0.2, 0.25) is 0 Å². The Balaban J connectivity index is 1.70. The first-order valence-electron chi connectivity index (χ1n) is 7.81. The van der Waals surface area contributed by atoms with E-state index >= 15 is 0 Å². The molecule has 3 rings (SSSR count). The summed E-state index contributed by atoms with van der Waals surface area (Å²) in [7, 11) is 0. The quantitative estimate of drug-likeness (QED) is 0.758. The molecule has 1 N–H and O–H groups in total. The van der Waals surface area contributed by atoms with Crippen LogP contribution in [-0.4, -0.2) is 17.5 Å². The minimum atomic E-state index is -0.203. The molecule has 0 atom stereocenters. The van der Waals surface area contributed by atoms with Crippen LogP contribution in [0.15, 0.2) is 30.3 Å². The maximum Gasteiger partial charge on any atom is 0.264 e. The molecule has 5 heteroatoms. The standard InChI is InChI=1S/C19H20N2O2S/c1-11-6-5-7-15(14(11)4)23-10-16(22)20-19-21-17-12(2)8-9-13(3)18(17)24-19/h5-9H,10H2,1-4H3,(H,20,21,22). The predicted molar refractivity (Wildman–Crippen MR) is 99.1 cm³/mol. The second-order valence-electron chi connectivity index (χ2n) is 5.93. The summed E-state index contributed by atoms with van der Waals surface area (Å²) in [6, 6.07) is 9.94. The number of rotatable bonds is 4. The number of thiazole rings is 1. The number of fused-ring (bicyclic) bond motifs is 1. The van der Waals surface area contributed by atoms with Crippen molar-refractivity contribution in [1.82, 2.24) is 4.98 Å². The first kappa shape index (κ1) is 16.5. The number of nitrogens with one attached hydrogen (secondary N) is 1. The zero-order chi connectivity index (χ0) is 17.3. The zero-order valence-electron chi connectivity index (χ0n) is 14.3. The monoisotopic (exact) mass is 340 g/mol. The van der Waals surface area contributed by atoms with Gasteiger partial charge in [0.15, 0.2) is 11.7 Å². The fraction of sp³-hybridized carbons (Fsp3) is 0.263. The van der Waals surface area contributed by atoms with E-state index in [9.17, 15) is 4.79 Å². The third kappa shape index (κ3) is 3.26. The molecule has 1 aromatic heterocycles. The highest BCUT2D eigenvalue weighted by atomic mass is 32.1. The molecule has 2 aromatic carbocycles. The van der Waals surface area contributed by atoms with Gasteiger partial charge in [-0.25, -0.2) is 4.98 Å². The van der Waals surface area contributed by atoms with Crippen LogP contribution in [0.25, 0.3) is 10.2 Å². The number of aryl methyl sites for hydroxylation is 3. The van der Waals surface area contributed by atoms with Crippen molar-refractivity contribution in [3.8, 4) is 5.75 Å². The van der Waals surface area contributed by atoms with Crippen LogP contribution in [0.4, 0.5) is 5.13 Å². The van der Waals surface area contributed by atoms with Crippen molar-refractivity contribution in [2.24, 2.45) is 0 Å². The molecule has 0 aliphatic heterocycles. The Morgan fingerprint density at radius 1 is 1.08 bits per heavy atom. The third-order valence-corrected chi connectivity index (χ3v) is 5.21. The largest absolute Gasteiger partial charge is 0.483 e. The summed E-state index contributed by atoms with van der Waals surface area (Å²) in [6.07, 6.45) is 0. The molecule has 0 unspecified atom stereocenters.